The van der Waals surface area contributed by atoms with Crippen LogP contribution in [0.4, 0.5) is 0 Å². The molecule has 13 heavy (non-hydrogen) atoms. The second kappa shape index (κ2) is 2.98. The van der Waals surface area contributed by atoms with E-state index in [4.69, 9.17) is 4.74 Å². The first-order chi connectivity index (χ1) is 6.13. The van der Waals surface area contributed by atoms with E-state index in [2.05, 4.69) is 0 Å². The van der Waals surface area contributed by atoms with E-state index in [1.165, 1.54) is 0 Å². The minimum Gasteiger partial charge on any atom is -0.381 e. The first-order valence-corrected chi connectivity index (χ1v) is 5.00. The summed E-state index contributed by atoms with van der Waals surface area (Å²) in [6, 6.07) is 0. The fourth-order valence-corrected chi connectivity index (χ4v) is 2.18. The third-order valence-corrected chi connectivity index (χ3v) is 3.04. The Morgan fingerprint density at radius 1 is 1.46 bits per heavy atom. The lowest BCUT2D eigenvalue weighted by Crippen LogP contribution is -2.59. The quantitative estimate of drug-likeness (QED) is 0.604. The van der Waals surface area contributed by atoms with Crippen molar-refractivity contribution in [2.24, 2.45) is 11.3 Å². The molecule has 1 amide bonds. The molecule has 0 bridgehead atoms. The van der Waals surface area contributed by atoms with Gasteiger partial charge in [0.15, 0.2) is 0 Å². The van der Waals surface area contributed by atoms with Crippen LogP contribution in [0.3, 0.4) is 0 Å². The first-order valence-electron chi connectivity index (χ1n) is 5.00. The number of carbonyl (C=O) groups is 1. The smallest absolute Gasteiger partial charge is 0.225 e. The molecule has 0 saturated carbocycles. The Kier molecular flexibility index (Phi) is 2.06. The molecule has 1 spiro atoms. The summed E-state index contributed by atoms with van der Waals surface area (Å²) in [5.41, 5.74) is 0.338. The third-order valence-electron chi connectivity index (χ3n) is 3.04. The van der Waals surface area contributed by atoms with Crippen LogP contribution < -0.4 is 0 Å². The zero-order valence-corrected chi connectivity index (χ0v) is 8.38. The molecule has 2 fully saturated rings. The van der Waals surface area contributed by atoms with Crippen LogP contribution in [0.1, 0.15) is 20.3 Å². The van der Waals surface area contributed by atoms with Crippen molar-refractivity contribution in [3.8, 4) is 0 Å². The average Bonchev–Trinajstić information content (AvgIpc) is 2.47. The maximum absolute atomic E-state index is 11.6. The number of nitrogens with zero attached hydrogens (tertiary/aromatic N) is 1. The predicted molar refractivity (Wildman–Crippen MR) is 49.3 cm³/mol. The summed E-state index contributed by atoms with van der Waals surface area (Å²) in [7, 11) is 0. The maximum atomic E-state index is 11.6. The Bertz CT molecular complexity index is 211. The van der Waals surface area contributed by atoms with Crippen LogP contribution in [0.5, 0.6) is 0 Å². The number of carbonyl (C=O) groups excluding carboxylic acids is 1. The van der Waals surface area contributed by atoms with Gasteiger partial charge in [0.05, 0.1) is 6.61 Å². The Morgan fingerprint density at radius 2 is 2.15 bits per heavy atom. The molecule has 0 radical (unpaired) electrons. The van der Waals surface area contributed by atoms with Gasteiger partial charge in [-0.05, 0) is 6.42 Å². The summed E-state index contributed by atoms with van der Waals surface area (Å²) in [5.74, 6) is 0.428. The SMILES string of the molecule is CC(C)C(=O)N1CC2(CCOC2)C1. The van der Waals surface area contributed by atoms with Gasteiger partial charge >= 0.3 is 0 Å². The highest BCUT2D eigenvalue weighted by Gasteiger charge is 2.47. The first kappa shape index (κ1) is 9.00. The van der Waals surface area contributed by atoms with E-state index < -0.39 is 0 Å². The molecule has 0 aromatic rings. The Morgan fingerprint density at radius 3 is 2.62 bits per heavy atom. The molecule has 2 aliphatic rings. The molecule has 2 rings (SSSR count). The van der Waals surface area contributed by atoms with Crippen LogP contribution in [-0.2, 0) is 9.53 Å². The number of amides is 1. The topological polar surface area (TPSA) is 29.5 Å². The molecule has 2 heterocycles. The van der Waals surface area contributed by atoms with Crippen molar-refractivity contribution < 1.29 is 9.53 Å². The molecule has 2 saturated heterocycles. The molecular weight excluding hydrogens is 166 g/mol. The lowest BCUT2D eigenvalue weighted by Gasteiger charge is -2.47. The van der Waals surface area contributed by atoms with E-state index in [1.807, 2.05) is 18.7 Å². The van der Waals surface area contributed by atoms with Gasteiger partial charge in [-0.1, -0.05) is 13.8 Å². The van der Waals surface area contributed by atoms with Crippen LogP contribution in [0.2, 0.25) is 0 Å². The minimum atomic E-state index is 0.139. The zero-order valence-electron chi connectivity index (χ0n) is 8.38. The van der Waals surface area contributed by atoms with E-state index in [0.29, 0.717) is 5.41 Å². The normalized spacial score (nSPS) is 25.3. The largest absolute Gasteiger partial charge is 0.381 e. The van der Waals surface area contributed by atoms with E-state index in [1.54, 1.807) is 0 Å². The maximum Gasteiger partial charge on any atom is 0.225 e. The summed E-state index contributed by atoms with van der Waals surface area (Å²) < 4.78 is 5.35. The molecule has 0 aliphatic carbocycles. The van der Waals surface area contributed by atoms with Gasteiger partial charge in [0.25, 0.3) is 0 Å². The van der Waals surface area contributed by atoms with Crippen molar-refractivity contribution in [2.45, 2.75) is 20.3 Å². The fraction of sp³-hybridized carbons (Fsp3) is 0.900. The predicted octanol–water partition coefficient (Wildman–Crippen LogP) is 0.891. The molecule has 74 valence electrons. The standard InChI is InChI=1S/C10H17NO2/c1-8(2)9(12)11-5-10(6-11)3-4-13-7-10/h8H,3-7H2,1-2H3. The van der Waals surface area contributed by atoms with Gasteiger partial charge in [0.2, 0.25) is 5.91 Å². The van der Waals surface area contributed by atoms with Gasteiger partial charge in [-0.3, -0.25) is 4.79 Å². The third kappa shape index (κ3) is 1.46. The fourth-order valence-electron chi connectivity index (χ4n) is 2.18. The molecule has 0 aromatic carbocycles. The van der Waals surface area contributed by atoms with Gasteiger partial charge < -0.3 is 9.64 Å². The van der Waals surface area contributed by atoms with Crippen molar-refractivity contribution in [2.75, 3.05) is 26.3 Å². The van der Waals surface area contributed by atoms with Gasteiger partial charge in [0.1, 0.15) is 0 Å². The van der Waals surface area contributed by atoms with Gasteiger partial charge in [0, 0.05) is 31.0 Å². The van der Waals surface area contributed by atoms with E-state index >= 15 is 0 Å². The number of likely N-dealkylation sites (tertiary alicyclic amines) is 1. The molecule has 0 N–H and O–H groups in total. The Hall–Kier alpha value is -0.570. The number of hydrogen-bond acceptors (Lipinski definition) is 2. The molecule has 0 aromatic heterocycles. The van der Waals surface area contributed by atoms with Gasteiger partial charge in [-0.2, -0.15) is 0 Å². The molecule has 0 atom stereocenters. The van der Waals surface area contributed by atoms with E-state index in [9.17, 15) is 4.79 Å². The lowest BCUT2D eigenvalue weighted by molar-refractivity contribution is -0.146. The van der Waals surface area contributed by atoms with Crippen molar-refractivity contribution >= 4 is 5.91 Å². The van der Waals surface area contributed by atoms with Crippen LogP contribution in [0.25, 0.3) is 0 Å². The molecule has 0 unspecified atom stereocenters. The Balaban J connectivity index is 1.87. The lowest BCUT2D eigenvalue weighted by atomic mass is 9.79. The zero-order chi connectivity index (χ0) is 9.47. The molecule has 3 nitrogen and oxygen atoms in total. The highest BCUT2D eigenvalue weighted by Crippen LogP contribution is 2.38. The summed E-state index contributed by atoms with van der Waals surface area (Å²) in [4.78, 5) is 13.5. The summed E-state index contributed by atoms with van der Waals surface area (Å²) in [6.07, 6.45) is 1.13. The second-order valence-corrected chi connectivity index (χ2v) is 4.65. The van der Waals surface area contributed by atoms with Crippen LogP contribution in [-0.4, -0.2) is 37.1 Å². The monoisotopic (exact) mass is 183 g/mol. The van der Waals surface area contributed by atoms with Gasteiger partial charge in [-0.15, -0.1) is 0 Å². The second-order valence-electron chi connectivity index (χ2n) is 4.65. The van der Waals surface area contributed by atoms with E-state index in [-0.39, 0.29) is 11.8 Å². The van der Waals surface area contributed by atoms with Crippen LogP contribution in [0, 0.1) is 11.3 Å². The summed E-state index contributed by atoms with van der Waals surface area (Å²) in [5, 5.41) is 0. The van der Waals surface area contributed by atoms with Crippen molar-refractivity contribution in [3.05, 3.63) is 0 Å². The summed E-state index contributed by atoms with van der Waals surface area (Å²) in [6.45, 7) is 7.49. The number of ether oxygens (including phenoxy) is 1. The molecular formula is C10H17NO2. The van der Waals surface area contributed by atoms with Crippen molar-refractivity contribution in [1.29, 1.82) is 0 Å². The average molecular weight is 183 g/mol. The van der Waals surface area contributed by atoms with Gasteiger partial charge in [-0.25, -0.2) is 0 Å². The number of rotatable bonds is 1. The van der Waals surface area contributed by atoms with Crippen LogP contribution >= 0.6 is 0 Å². The van der Waals surface area contributed by atoms with Crippen molar-refractivity contribution in [1.82, 2.24) is 4.90 Å². The highest BCUT2D eigenvalue weighted by atomic mass is 16.5. The van der Waals surface area contributed by atoms with Crippen LogP contribution in [0.15, 0.2) is 0 Å². The molecule has 3 heteroatoms. The summed E-state index contributed by atoms with van der Waals surface area (Å²) >= 11 is 0. The minimum absolute atomic E-state index is 0.139. The van der Waals surface area contributed by atoms with E-state index in [0.717, 1.165) is 32.7 Å². The Labute approximate surface area is 79.0 Å². The van der Waals surface area contributed by atoms with Crippen molar-refractivity contribution in [3.63, 3.8) is 0 Å². The number of hydrogen-bond donors (Lipinski definition) is 0. The molecule has 2 aliphatic heterocycles. The highest BCUT2D eigenvalue weighted by molar-refractivity contribution is 5.79.